The molecule has 1 aromatic rings. The fraction of sp³-hybridized carbons (Fsp3) is 0.467. The lowest BCUT2D eigenvalue weighted by molar-refractivity contribution is -0.130. The average molecular weight is 373 g/mol. The monoisotopic (exact) mass is 372 g/mol. The minimum atomic E-state index is 0.0248. The fourth-order valence-electron chi connectivity index (χ4n) is 1.84. The van der Waals surface area contributed by atoms with Gasteiger partial charge in [0, 0.05) is 24.5 Å². The van der Waals surface area contributed by atoms with Crippen LogP contribution in [-0.2, 0) is 4.79 Å². The summed E-state index contributed by atoms with van der Waals surface area (Å²) in [6, 6.07) is 3.91. The van der Waals surface area contributed by atoms with Crippen LogP contribution >= 0.6 is 28.1 Å². The van der Waals surface area contributed by atoms with Gasteiger partial charge in [-0.3, -0.25) is 4.79 Å². The third-order valence-electron chi connectivity index (χ3n) is 3.11. The summed E-state index contributed by atoms with van der Waals surface area (Å²) in [5.74, 6) is 0.809. The van der Waals surface area contributed by atoms with Crippen molar-refractivity contribution in [2.75, 3.05) is 20.2 Å². The molecule has 1 aromatic carbocycles. The number of carbonyl (C=O) groups is 1. The fourth-order valence-corrected chi connectivity index (χ4v) is 2.16. The second kappa shape index (κ2) is 8.34. The molecule has 0 aliphatic carbocycles. The highest BCUT2D eigenvalue weighted by molar-refractivity contribution is 9.10. The Labute approximate surface area is 139 Å². The molecule has 0 fully saturated rings. The van der Waals surface area contributed by atoms with Crippen LogP contribution in [0.1, 0.15) is 24.0 Å². The van der Waals surface area contributed by atoms with E-state index >= 15 is 0 Å². The van der Waals surface area contributed by atoms with E-state index in [1.807, 2.05) is 26.0 Å². The lowest BCUT2D eigenvalue weighted by Crippen LogP contribution is -2.30. The number of benzene rings is 1. The largest absolute Gasteiger partial charge is 0.493 e. The highest BCUT2D eigenvalue weighted by Crippen LogP contribution is 2.26. The van der Waals surface area contributed by atoms with Crippen LogP contribution in [-0.4, -0.2) is 36.0 Å². The van der Waals surface area contributed by atoms with Crippen molar-refractivity contribution in [3.63, 3.8) is 0 Å². The van der Waals surface area contributed by atoms with E-state index in [1.165, 1.54) is 0 Å². The van der Waals surface area contributed by atoms with Gasteiger partial charge in [-0.25, -0.2) is 0 Å². The molecule has 4 nitrogen and oxygen atoms in total. The zero-order valence-corrected chi connectivity index (χ0v) is 15.0. The Bertz CT molecular complexity index is 511. The first-order chi connectivity index (χ1) is 9.81. The standard InChI is InChI=1S/C15H21BrN2O2S/c1-10-8-12(9-11(2)15(10)16)20-7-5-14(19)18(3)6-4-13(17)21/h8-9H,4-7H2,1-3H3,(H2,17,21). The average Bonchev–Trinajstić information content (AvgIpc) is 2.41. The predicted molar refractivity (Wildman–Crippen MR) is 92.8 cm³/mol. The lowest BCUT2D eigenvalue weighted by Gasteiger charge is -2.17. The number of nitrogens with two attached hydrogens (primary N) is 1. The third-order valence-corrected chi connectivity index (χ3v) is 4.57. The lowest BCUT2D eigenvalue weighted by atomic mass is 10.1. The van der Waals surface area contributed by atoms with Gasteiger partial charge in [0.15, 0.2) is 0 Å². The van der Waals surface area contributed by atoms with Crippen molar-refractivity contribution >= 4 is 39.0 Å². The van der Waals surface area contributed by atoms with E-state index in [1.54, 1.807) is 11.9 Å². The maximum Gasteiger partial charge on any atom is 0.225 e. The van der Waals surface area contributed by atoms with Crippen LogP contribution in [0, 0.1) is 13.8 Å². The summed E-state index contributed by atoms with van der Waals surface area (Å²) in [5.41, 5.74) is 7.65. The van der Waals surface area contributed by atoms with Crippen LogP contribution in [0.4, 0.5) is 0 Å². The second-order valence-electron chi connectivity index (χ2n) is 5.00. The van der Waals surface area contributed by atoms with E-state index in [0.717, 1.165) is 21.3 Å². The Balaban J connectivity index is 2.43. The molecule has 1 rings (SSSR count). The number of amides is 1. The van der Waals surface area contributed by atoms with Gasteiger partial charge in [-0.2, -0.15) is 0 Å². The van der Waals surface area contributed by atoms with Crippen molar-refractivity contribution in [2.45, 2.75) is 26.7 Å². The smallest absolute Gasteiger partial charge is 0.225 e. The molecule has 2 N–H and O–H groups in total. The molecule has 0 heterocycles. The summed E-state index contributed by atoms with van der Waals surface area (Å²) in [6.07, 6.45) is 0.880. The quantitative estimate of drug-likeness (QED) is 0.747. The van der Waals surface area contributed by atoms with Crippen molar-refractivity contribution in [3.05, 3.63) is 27.7 Å². The normalized spacial score (nSPS) is 10.3. The Morgan fingerprint density at radius 2 is 1.90 bits per heavy atom. The highest BCUT2D eigenvalue weighted by Gasteiger charge is 2.09. The Morgan fingerprint density at radius 1 is 1.33 bits per heavy atom. The zero-order valence-electron chi connectivity index (χ0n) is 12.6. The number of aryl methyl sites for hydroxylation is 2. The minimum Gasteiger partial charge on any atom is -0.493 e. The number of ether oxygens (including phenoxy) is 1. The maximum absolute atomic E-state index is 11.9. The van der Waals surface area contributed by atoms with E-state index in [0.29, 0.717) is 31.0 Å². The molecular formula is C15H21BrN2O2S. The first kappa shape index (κ1) is 17.9. The number of halogens is 1. The summed E-state index contributed by atoms with van der Waals surface area (Å²) >= 11 is 8.31. The van der Waals surface area contributed by atoms with E-state index in [4.69, 9.17) is 22.7 Å². The molecule has 0 radical (unpaired) electrons. The Hall–Kier alpha value is -1.14. The second-order valence-corrected chi connectivity index (χ2v) is 6.32. The zero-order chi connectivity index (χ0) is 16.0. The third kappa shape index (κ3) is 6.01. The van der Waals surface area contributed by atoms with Crippen LogP contribution in [0.3, 0.4) is 0 Å². The topological polar surface area (TPSA) is 55.6 Å². The van der Waals surface area contributed by atoms with E-state index in [2.05, 4.69) is 15.9 Å². The highest BCUT2D eigenvalue weighted by atomic mass is 79.9. The molecule has 6 heteroatoms. The molecule has 0 aromatic heterocycles. The van der Waals surface area contributed by atoms with Gasteiger partial charge in [0.1, 0.15) is 5.75 Å². The van der Waals surface area contributed by atoms with Crippen LogP contribution in [0.25, 0.3) is 0 Å². The van der Waals surface area contributed by atoms with Gasteiger partial charge in [0.05, 0.1) is 18.0 Å². The van der Waals surface area contributed by atoms with Gasteiger partial charge in [-0.05, 0) is 37.1 Å². The Morgan fingerprint density at radius 3 is 2.43 bits per heavy atom. The van der Waals surface area contributed by atoms with Gasteiger partial charge < -0.3 is 15.4 Å². The van der Waals surface area contributed by atoms with Crippen molar-refractivity contribution in [1.82, 2.24) is 4.90 Å². The van der Waals surface area contributed by atoms with Gasteiger partial charge in [-0.15, -0.1) is 0 Å². The molecule has 0 spiro atoms. The van der Waals surface area contributed by atoms with E-state index in [9.17, 15) is 4.79 Å². The molecule has 0 bridgehead atoms. The van der Waals surface area contributed by atoms with Crippen LogP contribution < -0.4 is 10.5 Å². The van der Waals surface area contributed by atoms with E-state index < -0.39 is 0 Å². The van der Waals surface area contributed by atoms with Gasteiger partial charge in [0.2, 0.25) is 5.91 Å². The van der Waals surface area contributed by atoms with Gasteiger partial charge >= 0.3 is 0 Å². The number of carbonyl (C=O) groups excluding carboxylic acids is 1. The van der Waals surface area contributed by atoms with Crippen molar-refractivity contribution in [1.29, 1.82) is 0 Å². The Kier molecular flexibility index (Phi) is 7.11. The summed E-state index contributed by atoms with van der Waals surface area (Å²) < 4.78 is 6.74. The number of hydrogen-bond donors (Lipinski definition) is 1. The number of hydrogen-bond acceptors (Lipinski definition) is 3. The van der Waals surface area contributed by atoms with E-state index in [-0.39, 0.29) is 5.91 Å². The maximum atomic E-state index is 11.9. The molecule has 0 atom stereocenters. The van der Waals surface area contributed by atoms with Crippen LogP contribution in [0.5, 0.6) is 5.75 Å². The number of rotatable bonds is 7. The summed E-state index contributed by atoms with van der Waals surface area (Å²) in [7, 11) is 1.74. The molecule has 1 amide bonds. The molecule has 0 unspecified atom stereocenters. The molecule has 116 valence electrons. The molecule has 21 heavy (non-hydrogen) atoms. The van der Waals surface area contributed by atoms with Crippen LogP contribution in [0.15, 0.2) is 16.6 Å². The molecule has 0 saturated carbocycles. The predicted octanol–water partition coefficient (Wildman–Crippen LogP) is 2.97. The summed E-state index contributed by atoms with van der Waals surface area (Å²) in [6.45, 7) is 4.93. The van der Waals surface area contributed by atoms with Crippen molar-refractivity contribution in [2.24, 2.45) is 5.73 Å². The molecular weight excluding hydrogens is 352 g/mol. The molecule has 0 aliphatic rings. The first-order valence-corrected chi connectivity index (χ1v) is 7.93. The first-order valence-electron chi connectivity index (χ1n) is 6.73. The summed E-state index contributed by atoms with van der Waals surface area (Å²) in [5, 5.41) is 0. The molecule has 0 aliphatic heterocycles. The van der Waals surface area contributed by atoms with Crippen molar-refractivity contribution in [3.8, 4) is 5.75 Å². The van der Waals surface area contributed by atoms with Gasteiger partial charge in [-0.1, -0.05) is 28.1 Å². The summed E-state index contributed by atoms with van der Waals surface area (Å²) in [4.78, 5) is 13.9. The molecule has 0 saturated heterocycles. The minimum absolute atomic E-state index is 0.0248. The number of nitrogens with zero attached hydrogens (tertiary/aromatic N) is 1. The van der Waals surface area contributed by atoms with Crippen molar-refractivity contribution < 1.29 is 9.53 Å². The van der Waals surface area contributed by atoms with Crippen LogP contribution in [0.2, 0.25) is 0 Å². The SMILES string of the molecule is Cc1cc(OCCC(=O)N(C)CCC(N)=S)cc(C)c1Br. The van der Waals surface area contributed by atoms with Gasteiger partial charge in [0.25, 0.3) is 0 Å². The number of thiocarbonyl (C=S) groups is 1.